The standard InChI is InChI=1S/C11H15N5O4S/c1-9(2)21(19,20)13-15-11(16(17)18)8-14(12-15)10-6-4-3-5-7-10/h3-9,12-13H,1-2H3. The second-order valence-electron chi connectivity index (χ2n) is 4.57. The minimum atomic E-state index is -3.71. The quantitative estimate of drug-likeness (QED) is 0.603. The molecule has 0 aliphatic carbocycles. The maximum Gasteiger partial charge on any atom is 0.375 e. The van der Waals surface area contributed by atoms with Crippen LogP contribution in [0.1, 0.15) is 13.8 Å². The van der Waals surface area contributed by atoms with E-state index in [9.17, 15) is 18.5 Å². The van der Waals surface area contributed by atoms with Crippen molar-refractivity contribution >= 4 is 15.7 Å². The zero-order valence-corrected chi connectivity index (χ0v) is 12.2. The third-order valence-corrected chi connectivity index (χ3v) is 4.42. The van der Waals surface area contributed by atoms with Gasteiger partial charge >= 0.3 is 5.82 Å². The van der Waals surface area contributed by atoms with Crippen molar-refractivity contribution < 1.29 is 13.3 Å². The fraction of sp³-hybridized carbons (Fsp3) is 0.273. The summed E-state index contributed by atoms with van der Waals surface area (Å²) in [4.78, 5) is 12.5. The molecule has 114 valence electrons. The number of para-hydroxylation sites is 1. The predicted octanol–water partition coefficient (Wildman–Crippen LogP) is 0.547. The molecule has 0 spiro atoms. The predicted molar refractivity (Wildman–Crippen MR) is 76.2 cm³/mol. The summed E-state index contributed by atoms with van der Waals surface area (Å²) < 4.78 is 23.7. The van der Waals surface area contributed by atoms with Crippen LogP contribution in [0.4, 0.5) is 5.69 Å². The Morgan fingerprint density at radius 1 is 1.29 bits per heavy atom. The number of sulfonamides is 1. The molecule has 0 saturated carbocycles. The minimum Gasteiger partial charge on any atom is -0.358 e. The Balaban J connectivity index is 2.25. The molecule has 0 atom stereocenters. The number of hydrazine groups is 3. The zero-order valence-electron chi connectivity index (χ0n) is 11.4. The number of hydrogen-bond donors (Lipinski definition) is 2. The summed E-state index contributed by atoms with van der Waals surface area (Å²) in [7, 11) is -3.71. The van der Waals surface area contributed by atoms with E-state index in [2.05, 4.69) is 10.4 Å². The van der Waals surface area contributed by atoms with Crippen molar-refractivity contribution in [2.24, 2.45) is 0 Å². The number of anilines is 1. The molecule has 0 unspecified atom stereocenters. The van der Waals surface area contributed by atoms with Gasteiger partial charge in [-0.2, -0.15) is 0 Å². The maximum atomic E-state index is 11.8. The highest BCUT2D eigenvalue weighted by molar-refractivity contribution is 7.90. The molecular weight excluding hydrogens is 298 g/mol. The Hall–Kier alpha value is -2.17. The summed E-state index contributed by atoms with van der Waals surface area (Å²) in [5.41, 5.74) is 3.22. The second-order valence-corrected chi connectivity index (χ2v) is 6.79. The monoisotopic (exact) mass is 313 g/mol. The smallest absolute Gasteiger partial charge is 0.358 e. The van der Waals surface area contributed by atoms with Crippen molar-refractivity contribution in [1.29, 1.82) is 0 Å². The first-order chi connectivity index (χ1) is 9.81. The van der Waals surface area contributed by atoms with Gasteiger partial charge in [0.1, 0.15) is 6.20 Å². The van der Waals surface area contributed by atoms with E-state index in [0.717, 1.165) is 5.12 Å². The molecule has 1 aliphatic heterocycles. The van der Waals surface area contributed by atoms with Gasteiger partial charge in [0.15, 0.2) is 0 Å². The topological polar surface area (TPSA) is 108 Å². The highest BCUT2D eigenvalue weighted by Gasteiger charge is 2.36. The molecular formula is C11H15N5O4S. The lowest BCUT2D eigenvalue weighted by molar-refractivity contribution is -0.448. The van der Waals surface area contributed by atoms with Gasteiger partial charge in [0.05, 0.1) is 10.9 Å². The van der Waals surface area contributed by atoms with Gasteiger partial charge in [0.2, 0.25) is 10.0 Å². The van der Waals surface area contributed by atoms with Crippen LogP contribution < -0.4 is 15.4 Å². The van der Waals surface area contributed by atoms with E-state index in [1.54, 1.807) is 30.3 Å². The molecule has 1 aromatic rings. The molecule has 9 nitrogen and oxygen atoms in total. The van der Waals surface area contributed by atoms with Crippen molar-refractivity contribution in [3.05, 3.63) is 52.5 Å². The van der Waals surface area contributed by atoms with Crippen LogP contribution in [0.5, 0.6) is 0 Å². The van der Waals surface area contributed by atoms with Crippen molar-refractivity contribution in [3.8, 4) is 0 Å². The first-order valence-electron chi connectivity index (χ1n) is 6.09. The van der Waals surface area contributed by atoms with Crippen LogP contribution in [0.3, 0.4) is 0 Å². The fourth-order valence-corrected chi connectivity index (χ4v) is 2.11. The van der Waals surface area contributed by atoms with Gasteiger partial charge in [-0.3, -0.25) is 0 Å². The molecule has 0 saturated heterocycles. The first kappa shape index (κ1) is 15.2. The summed E-state index contributed by atoms with van der Waals surface area (Å²) in [6, 6.07) is 8.77. The van der Waals surface area contributed by atoms with E-state index in [0.29, 0.717) is 5.69 Å². The third kappa shape index (κ3) is 3.29. The van der Waals surface area contributed by atoms with E-state index >= 15 is 0 Å². The van der Waals surface area contributed by atoms with Gasteiger partial charge in [-0.25, -0.2) is 13.4 Å². The molecule has 0 aromatic heterocycles. The minimum absolute atomic E-state index is 0.428. The molecule has 1 aromatic carbocycles. The van der Waals surface area contributed by atoms with Crippen LogP contribution in [-0.4, -0.2) is 23.7 Å². The van der Waals surface area contributed by atoms with Crippen LogP contribution in [0.2, 0.25) is 0 Å². The Morgan fingerprint density at radius 2 is 1.90 bits per heavy atom. The van der Waals surface area contributed by atoms with E-state index in [-0.39, 0.29) is 0 Å². The van der Waals surface area contributed by atoms with Crippen molar-refractivity contribution in [2.45, 2.75) is 19.1 Å². The normalized spacial score (nSPS) is 15.5. The molecule has 0 bridgehead atoms. The number of hydrogen-bond acceptors (Lipinski definition) is 7. The zero-order chi connectivity index (χ0) is 15.6. The average Bonchev–Trinajstić information content (AvgIpc) is 2.83. The van der Waals surface area contributed by atoms with Crippen LogP contribution in [0, 0.1) is 10.1 Å². The number of rotatable bonds is 5. The largest absolute Gasteiger partial charge is 0.375 e. The van der Waals surface area contributed by atoms with Gasteiger partial charge in [0, 0.05) is 0 Å². The molecule has 2 N–H and O–H groups in total. The summed E-state index contributed by atoms with van der Waals surface area (Å²) >= 11 is 0. The van der Waals surface area contributed by atoms with E-state index in [1.807, 2.05) is 0 Å². The summed E-state index contributed by atoms with van der Waals surface area (Å²) in [6.45, 7) is 2.95. The van der Waals surface area contributed by atoms with Gasteiger partial charge in [-0.05, 0) is 41.3 Å². The Bertz CT molecular complexity index is 658. The molecule has 21 heavy (non-hydrogen) atoms. The summed E-state index contributed by atoms with van der Waals surface area (Å²) in [6.07, 6.45) is 1.19. The lowest BCUT2D eigenvalue weighted by Crippen LogP contribution is -2.53. The maximum absolute atomic E-state index is 11.8. The number of nitrogens with zero attached hydrogens (tertiary/aromatic N) is 3. The molecule has 2 rings (SSSR count). The molecule has 1 heterocycles. The highest BCUT2D eigenvalue weighted by Crippen LogP contribution is 2.19. The number of nitrogens with one attached hydrogen (secondary N) is 2. The van der Waals surface area contributed by atoms with Gasteiger partial charge in [-0.15, -0.1) is 0 Å². The lowest BCUT2D eigenvalue weighted by atomic mass is 10.3. The van der Waals surface area contributed by atoms with Crippen LogP contribution in [0.15, 0.2) is 42.4 Å². The third-order valence-electron chi connectivity index (χ3n) is 2.74. The number of benzene rings is 1. The van der Waals surface area contributed by atoms with Crippen LogP contribution in [0.25, 0.3) is 0 Å². The van der Waals surface area contributed by atoms with Crippen LogP contribution in [-0.2, 0) is 10.0 Å². The fourth-order valence-electron chi connectivity index (χ4n) is 1.51. The SMILES string of the molecule is CC(C)S(=O)(=O)NN1NN(c2ccccc2)C=C1[N+](=O)[O-]. The highest BCUT2D eigenvalue weighted by atomic mass is 32.2. The molecule has 0 radical (unpaired) electrons. The van der Waals surface area contributed by atoms with Gasteiger partial charge < -0.3 is 10.1 Å². The van der Waals surface area contributed by atoms with E-state index in [4.69, 9.17) is 0 Å². The summed E-state index contributed by atoms with van der Waals surface area (Å²) in [5, 5.41) is 12.4. The van der Waals surface area contributed by atoms with Crippen molar-refractivity contribution in [2.75, 3.05) is 5.01 Å². The molecule has 0 amide bonds. The molecule has 10 heteroatoms. The van der Waals surface area contributed by atoms with Gasteiger partial charge in [0.25, 0.3) is 0 Å². The Kier molecular flexibility index (Phi) is 4.11. The van der Waals surface area contributed by atoms with Gasteiger partial charge in [-0.1, -0.05) is 23.3 Å². The lowest BCUT2D eigenvalue weighted by Gasteiger charge is -2.18. The molecule has 0 fully saturated rings. The van der Waals surface area contributed by atoms with E-state index in [1.165, 1.54) is 25.1 Å². The Labute approximate surface area is 122 Å². The van der Waals surface area contributed by atoms with Crippen molar-refractivity contribution in [3.63, 3.8) is 0 Å². The summed E-state index contributed by atoms with van der Waals surface area (Å²) in [5.74, 6) is -0.428. The average molecular weight is 313 g/mol. The van der Waals surface area contributed by atoms with Crippen LogP contribution >= 0.6 is 0 Å². The Morgan fingerprint density at radius 3 is 2.43 bits per heavy atom. The number of nitro groups is 1. The first-order valence-corrected chi connectivity index (χ1v) is 7.64. The van der Waals surface area contributed by atoms with Crippen molar-refractivity contribution in [1.82, 2.24) is 15.5 Å². The molecule has 1 aliphatic rings. The second kappa shape index (κ2) is 5.68. The van der Waals surface area contributed by atoms with E-state index < -0.39 is 26.0 Å².